The summed E-state index contributed by atoms with van der Waals surface area (Å²) in [5.74, 6) is 0.716. The van der Waals surface area contributed by atoms with Gasteiger partial charge in [-0.25, -0.2) is 4.98 Å². The van der Waals surface area contributed by atoms with E-state index in [-0.39, 0.29) is 5.41 Å². The van der Waals surface area contributed by atoms with Gasteiger partial charge in [0.05, 0.1) is 17.3 Å². The van der Waals surface area contributed by atoms with Crippen molar-refractivity contribution < 1.29 is 9.84 Å². The van der Waals surface area contributed by atoms with Gasteiger partial charge in [-0.15, -0.1) is 11.3 Å². The molecule has 0 aliphatic rings. The number of aliphatic hydroxyl groups excluding tert-OH is 1. The lowest BCUT2D eigenvalue weighted by molar-refractivity contribution is 0.207. The molecule has 4 heteroatoms. The molecule has 0 bridgehead atoms. The van der Waals surface area contributed by atoms with E-state index < -0.39 is 6.10 Å². The van der Waals surface area contributed by atoms with Crippen LogP contribution in [0, 0.1) is 0 Å². The number of benzene rings is 1. The van der Waals surface area contributed by atoms with Crippen molar-refractivity contribution in [2.75, 3.05) is 6.61 Å². The molecule has 1 atom stereocenters. The van der Waals surface area contributed by atoms with E-state index in [9.17, 15) is 5.11 Å². The van der Waals surface area contributed by atoms with Crippen LogP contribution in [0.15, 0.2) is 29.6 Å². The SMILES string of the molecule is CCOc1ccccc1C(O)c1csc(C(C)(C)C)n1. The Balaban J connectivity index is 2.32. The van der Waals surface area contributed by atoms with Gasteiger partial charge in [0.25, 0.3) is 0 Å². The Morgan fingerprint density at radius 2 is 2.00 bits per heavy atom. The third kappa shape index (κ3) is 3.19. The fourth-order valence-electron chi connectivity index (χ4n) is 1.91. The summed E-state index contributed by atoms with van der Waals surface area (Å²) in [7, 11) is 0. The fraction of sp³-hybridized carbons (Fsp3) is 0.438. The topological polar surface area (TPSA) is 42.4 Å². The number of aliphatic hydroxyl groups is 1. The third-order valence-corrected chi connectivity index (χ3v) is 4.24. The lowest BCUT2D eigenvalue weighted by atomic mass is 9.98. The molecule has 1 unspecified atom stereocenters. The van der Waals surface area contributed by atoms with Crippen molar-refractivity contribution in [2.45, 2.75) is 39.2 Å². The van der Waals surface area contributed by atoms with Crippen LogP contribution in [-0.4, -0.2) is 16.7 Å². The second kappa shape index (κ2) is 5.94. The lowest BCUT2D eigenvalue weighted by Gasteiger charge is -2.15. The second-order valence-corrected chi connectivity index (χ2v) is 6.56. The first-order valence-corrected chi connectivity index (χ1v) is 7.67. The van der Waals surface area contributed by atoms with E-state index in [0.29, 0.717) is 18.1 Å². The monoisotopic (exact) mass is 291 g/mol. The maximum Gasteiger partial charge on any atom is 0.125 e. The maximum absolute atomic E-state index is 10.5. The van der Waals surface area contributed by atoms with Crippen LogP contribution in [0.5, 0.6) is 5.75 Å². The molecule has 1 N–H and O–H groups in total. The average molecular weight is 291 g/mol. The quantitative estimate of drug-likeness (QED) is 0.928. The van der Waals surface area contributed by atoms with Gasteiger partial charge in [0.2, 0.25) is 0 Å². The molecule has 2 rings (SSSR count). The van der Waals surface area contributed by atoms with Crippen LogP contribution < -0.4 is 4.74 Å². The second-order valence-electron chi connectivity index (χ2n) is 5.70. The number of hydrogen-bond acceptors (Lipinski definition) is 4. The van der Waals surface area contributed by atoms with E-state index in [1.165, 1.54) is 0 Å². The van der Waals surface area contributed by atoms with E-state index >= 15 is 0 Å². The number of hydrogen-bond donors (Lipinski definition) is 1. The first-order chi connectivity index (χ1) is 9.43. The summed E-state index contributed by atoms with van der Waals surface area (Å²) in [5, 5.41) is 13.5. The largest absolute Gasteiger partial charge is 0.493 e. The molecular formula is C16H21NO2S. The highest BCUT2D eigenvalue weighted by atomic mass is 32.1. The van der Waals surface area contributed by atoms with Gasteiger partial charge in [-0.3, -0.25) is 0 Å². The van der Waals surface area contributed by atoms with E-state index in [0.717, 1.165) is 10.6 Å². The minimum atomic E-state index is -0.745. The molecule has 0 aliphatic heterocycles. The average Bonchev–Trinajstić information content (AvgIpc) is 2.88. The van der Waals surface area contributed by atoms with Crippen LogP contribution in [-0.2, 0) is 5.41 Å². The molecular weight excluding hydrogens is 270 g/mol. The number of ether oxygens (including phenoxy) is 1. The molecule has 1 aromatic carbocycles. The molecule has 0 radical (unpaired) electrons. The molecule has 0 aliphatic carbocycles. The highest BCUT2D eigenvalue weighted by Gasteiger charge is 2.22. The van der Waals surface area contributed by atoms with E-state index in [1.54, 1.807) is 11.3 Å². The Bertz CT molecular complexity index is 572. The van der Waals surface area contributed by atoms with E-state index in [1.807, 2.05) is 36.6 Å². The van der Waals surface area contributed by atoms with Crippen LogP contribution in [0.2, 0.25) is 0 Å². The van der Waals surface area contributed by atoms with Gasteiger partial charge in [0.15, 0.2) is 0 Å². The first-order valence-electron chi connectivity index (χ1n) is 6.79. The van der Waals surface area contributed by atoms with Crippen molar-refractivity contribution >= 4 is 11.3 Å². The van der Waals surface area contributed by atoms with Gasteiger partial charge in [0.1, 0.15) is 11.9 Å². The summed E-state index contributed by atoms with van der Waals surface area (Å²) >= 11 is 1.59. The molecule has 0 saturated carbocycles. The molecule has 1 heterocycles. The van der Waals surface area contributed by atoms with Crippen LogP contribution in [0.1, 0.15) is 50.1 Å². The van der Waals surface area contributed by atoms with Crippen molar-refractivity contribution in [3.8, 4) is 5.75 Å². The Morgan fingerprint density at radius 3 is 2.60 bits per heavy atom. The fourth-order valence-corrected chi connectivity index (χ4v) is 2.83. The third-order valence-electron chi connectivity index (χ3n) is 2.96. The van der Waals surface area contributed by atoms with Crippen molar-refractivity contribution in [3.63, 3.8) is 0 Å². The number of nitrogens with zero attached hydrogens (tertiary/aromatic N) is 1. The summed E-state index contributed by atoms with van der Waals surface area (Å²) in [6, 6.07) is 7.56. The standard InChI is InChI=1S/C16H21NO2S/c1-5-19-13-9-7-6-8-11(13)14(18)12-10-20-15(17-12)16(2,3)4/h6-10,14,18H,5H2,1-4H3. The molecule has 1 aromatic heterocycles. The zero-order valence-electron chi connectivity index (χ0n) is 12.4. The maximum atomic E-state index is 10.5. The summed E-state index contributed by atoms with van der Waals surface area (Å²) < 4.78 is 5.57. The zero-order valence-corrected chi connectivity index (χ0v) is 13.2. The Hall–Kier alpha value is -1.39. The van der Waals surface area contributed by atoms with Crippen LogP contribution in [0.3, 0.4) is 0 Å². The highest BCUT2D eigenvalue weighted by Crippen LogP contribution is 2.33. The van der Waals surface area contributed by atoms with Crippen LogP contribution >= 0.6 is 11.3 Å². The van der Waals surface area contributed by atoms with Gasteiger partial charge in [-0.2, -0.15) is 0 Å². The summed E-state index contributed by atoms with van der Waals surface area (Å²) in [5.41, 5.74) is 1.45. The number of para-hydroxylation sites is 1. The van der Waals surface area contributed by atoms with Gasteiger partial charge in [-0.1, -0.05) is 39.0 Å². The smallest absolute Gasteiger partial charge is 0.125 e. The minimum Gasteiger partial charge on any atom is -0.493 e. The molecule has 108 valence electrons. The summed E-state index contributed by atoms with van der Waals surface area (Å²) in [6.45, 7) is 8.88. The minimum absolute atomic E-state index is 0.00206. The predicted molar refractivity (Wildman–Crippen MR) is 82.5 cm³/mol. The van der Waals surface area contributed by atoms with Gasteiger partial charge >= 0.3 is 0 Å². The first kappa shape index (κ1) is 15.0. The molecule has 3 nitrogen and oxygen atoms in total. The van der Waals surface area contributed by atoms with Crippen molar-refractivity contribution in [1.29, 1.82) is 0 Å². The van der Waals surface area contributed by atoms with Crippen molar-refractivity contribution in [2.24, 2.45) is 0 Å². The molecule has 0 amide bonds. The number of rotatable bonds is 4. The summed E-state index contributed by atoms with van der Waals surface area (Å²) in [4.78, 5) is 4.57. The van der Waals surface area contributed by atoms with E-state index in [4.69, 9.17) is 4.74 Å². The Morgan fingerprint density at radius 1 is 1.30 bits per heavy atom. The molecule has 2 aromatic rings. The van der Waals surface area contributed by atoms with Crippen molar-refractivity contribution in [1.82, 2.24) is 4.98 Å². The number of aromatic nitrogens is 1. The van der Waals surface area contributed by atoms with Crippen LogP contribution in [0.25, 0.3) is 0 Å². The highest BCUT2D eigenvalue weighted by molar-refractivity contribution is 7.09. The zero-order chi connectivity index (χ0) is 14.8. The predicted octanol–water partition coefficient (Wildman–Crippen LogP) is 3.92. The molecule has 0 fully saturated rings. The van der Waals surface area contributed by atoms with Gasteiger partial charge < -0.3 is 9.84 Å². The normalized spacial score (nSPS) is 13.2. The molecule has 20 heavy (non-hydrogen) atoms. The number of thiazole rings is 1. The molecule has 0 saturated heterocycles. The van der Waals surface area contributed by atoms with Gasteiger partial charge in [0, 0.05) is 16.4 Å². The van der Waals surface area contributed by atoms with Crippen molar-refractivity contribution in [3.05, 3.63) is 45.9 Å². The van der Waals surface area contributed by atoms with E-state index in [2.05, 4.69) is 25.8 Å². The van der Waals surface area contributed by atoms with Gasteiger partial charge in [-0.05, 0) is 13.0 Å². The molecule has 0 spiro atoms. The Kier molecular flexibility index (Phi) is 4.45. The van der Waals surface area contributed by atoms with Crippen LogP contribution in [0.4, 0.5) is 0 Å². The summed E-state index contributed by atoms with van der Waals surface area (Å²) in [6.07, 6.45) is -0.745. The lowest BCUT2D eigenvalue weighted by Crippen LogP contribution is -2.11. The Labute approximate surface area is 124 Å².